The molecular formula is C17H18F2N2O2S. The summed E-state index contributed by atoms with van der Waals surface area (Å²) < 4.78 is 54.2. The lowest BCUT2D eigenvalue weighted by Gasteiger charge is -2.31. The number of halogens is 2. The fourth-order valence-electron chi connectivity index (χ4n) is 3.03. The highest BCUT2D eigenvalue weighted by Crippen LogP contribution is 2.31. The molecule has 1 aromatic heterocycles. The number of piperidine rings is 1. The Morgan fingerprint density at radius 3 is 2.33 bits per heavy atom. The van der Waals surface area contributed by atoms with E-state index in [-0.39, 0.29) is 24.6 Å². The maximum atomic E-state index is 14.0. The van der Waals surface area contributed by atoms with Crippen molar-refractivity contribution in [2.24, 2.45) is 0 Å². The lowest BCUT2D eigenvalue weighted by Crippen LogP contribution is -2.38. The summed E-state index contributed by atoms with van der Waals surface area (Å²) in [6.45, 7) is 1.96. The van der Waals surface area contributed by atoms with Gasteiger partial charge in [-0.1, -0.05) is 0 Å². The second kappa shape index (κ2) is 6.57. The van der Waals surface area contributed by atoms with Gasteiger partial charge in [-0.05, 0) is 61.1 Å². The summed E-state index contributed by atoms with van der Waals surface area (Å²) in [5.74, 6) is -1.38. The Hall–Kier alpha value is -1.86. The van der Waals surface area contributed by atoms with Gasteiger partial charge in [-0.15, -0.1) is 0 Å². The summed E-state index contributed by atoms with van der Waals surface area (Å²) in [6, 6.07) is 5.54. The molecule has 128 valence electrons. The highest BCUT2D eigenvalue weighted by atomic mass is 32.2. The molecular weight excluding hydrogens is 334 g/mol. The highest BCUT2D eigenvalue weighted by molar-refractivity contribution is 7.89. The summed E-state index contributed by atoms with van der Waals surface area (Å²) in [5, 5.41) is 0. The Balaban J connectivity index is 1.79. The molecule has 0 N–H and O–H groups in total. The monoisotopic (exact) mass is 352 g/mol. The van der Waals surface area contributed by atoms with E-state index in [0.29, 0.717) is 12.8 Å². The Kier molecular flexibility index (Phi) is 4.64. The molecule has 3 rings (SSSR count). The lowest BCUT2D eigenvalue weighted by molar-refractivity contribution is 0.318. The second-order valence-electron chi connectivity index (χ2n) is 5.99. The number of hydrogen-bond acceptors (Lipinski definition) is 3. The van der Waals surface area contributed by atoms with Crippen LogP contribution >= 0.6 is 0 Å². The molecule has 1 aliphatic rings. The van der Waals surface area contributed by atoms with E-state index < -0.39 is 26.6 Å². The van der Waals surface area contributed by atoms with Crippen molar-refractivity contribution in [2.45, 2.75) is 30.6 Å². The van der Waals surface area contributed by atoms with Crippen molar-refractivity contribution in [1.82, 2.24) is 9.29 Å². The van der Waals surface area contributed by atoms with Gasteiger partial charge in [0.15, 0.2) is 0 Å². The predicted octanol–water partition coefficient (Wildman–Crippen LogP) is 3.24. The molecule has 24 heavy (non-hydrogen) atoms. The number of aromatic nitrogens is 1. The van der Waals surface area contributed by atoms with Crippen molar-refractivity contribution >= 4 is 10.0 Å². The summed E-state index contributed by atoms with van der Waals surface area (Å²) in [5.41, 5.74) is 1.21. The minimum absolute atomic E-state index is 0.0860. The molecule has 7 heteroatoms. The normalized spacial score (nSPS) is 17.1. The van der Waals surface area contributed by atoms with Gasteiger partial charge in [0.1, 0.15) is 16.5 Å². The van der Waals surface area contributed by atoms with E-state index in [2.05, 4.69) is 4.98 Å². The number of sulfonamides is 1. The molecule has 4 nitrogen and oxygen atoms in total. The van der Waals surface area contributed by atoms with Crippen molar-refractivity contribution < 1.29 is 17.2 Å². The van der Waals surface area contributed by atoms with Gasteiger partial charge >= 0.3 is 0 Å². The van der Waals surface area contributed by atoms with Gasteiger partial charge in [0, 0.05) is 25.5 Å². The Morgan fingerprint density at radius 2 is 1.71 bits per heavy atom. The van der Waals surface area contributed by atoms with Crippen LogP contribution in [0.3, 0.4) is 0 Å². The standard InChI is InChI=1S/C17H18F2N2O2S/c1-12-10-16(19)17(11-15(12)18)24(22,23)21-8-4-14(5-9-21)13-2-6-20-7-3-13/h2-3,6-7,10-11,14H,4-5,8-9H2,1H3. The van der Waals surface area contributed by atoms with Gasteiger partial charge in [-0.3, -0.25) is 4.98 Å². The van der Waals surface area contributed by atoms with Crippen LogP contribution in [0.1, 0.15) is 29.9 Å². The van der Waals surface area contributed by atoms with E-state index in [1.807, 2.05) is 12.1 Å². The molecule has 0 spiro atoms. The van der Waals surface area contributed by atoms with Gasteiger partial charge < -0.3 is 0 Å². The van der Waals surface area contributed by atoms with Crippen molar-refractivity contribution in [3.8, 4) is 0 Å². The quantitative estimate of drug-likeness (QED) is 0.852. The molecule has 0 radical (unpaired) electrons. The minimum atomic E-state index is -4.03. The van der Waals surface area contributed by atoms with Crippen LogP contribution in [0.2, 0.25) is 0 Å². The number of rotatable bonds is 3. The molecule has 2 heterocycles. The zero-order chi connectivity index (χ0) is 17.3. The average Bonchev–Trinajstić information content (AvgIpc) is 2.59. The molecule has 1 aliphatic heterocycles. The average molecular weight is 352 g/mol. The summed E-state index contributed by atoms with van der Waals surface area (Å²) in [7, 11) is -4.03. The first-order chi connectivity index (χ1) is 11.4. The van der Waals surface area contributed by atoms with E-state index >= 15 is 0 Å². The van der Waals surface area contributed by atoms with Crippen LogP contribution in [-0.4, -0.2) is 30.8 Å². The van der Waals surface area contributed by atoms with Crippen molar-refractivity contribution in [3.05, 3.63) is 59.4 Å². The van der Waals surface area contributed by atoms with Crippen molar-refractivity contribution in [3.63, 3.8) is 0 Å². The summed E-state index contributed by atoms with van der Waals surface area (Å²) >= 11 is 0. The van der Waals surface area contributed by atoms with Gasteiger partial charge in [0.05, 0.1) is 0 Å². The third-order valence-electron chi connectivity index (χ3n) is 4.46. The molecule has 2 aromatic rings. The fraction of sp³-hybridized carbons (Fsp3) is 0.353. The van der Waals surface area contributed by atoms with Crippen LogP contribution in [0.25, 0.3) is 0 Å². The first kappa shape index (κ1) is 17.0. The van der Waals surface area contributed by atoms with Crippen molar-refractivity contribution in [2.75, 3.05) is 13.1 Å². The third-order valence-corrected chi connectivity index (χ3v) is 6.38. The minimum Gasteiger partial charge on any atom is -0.265 e. The lowest BCUT2D eigenvalue weighted by atomic mass is 9.91. The van der Waals surface area contributed by atoms with E-state index in [0.717, 1.165) is 17.7 Å². The predicted molar refractivity (Wildman–Crippen MR) is 86.1 cm³/mol. The molecule has 0 saturated carbocycles. The molecule has 0 unspecified atom stereocenters. The second-order valence-corrected chi connectivity index (χ2v) is 7.90. The summed E-state index contributed by atoms with van der Waals surface area (Å²) in [6.07, 6.45) is 4.70. The maximum Gasteiger partial charge on any atom is 0.246 e. The largest absolute Gasteiger partial charge is 0.265 e. The highest BCUT2D eigenvalue weighted by Gasteiger charge is 2.32. The maximum absolute atomic E-state index is 14.0. The molecule has 1 fully saturated rings. The van der Waals surface area contributed by atoms with Crippen molar-refractivity contribution in [1.29, 1.82) is 0 Å². The smallest absolute Gasteiger partial charge is 0.246 e. The van der Waals surface area contributed by atoms with Crippen LogP contribution < -0.4 is 0 Å². The molecule has 0 atom stereocenters. The van der Waals surface area contributed by atoms with Gasteiger partial charge in [-0.25, -0.2) is 17.2 Å². The van der Waals surface area contributed by atoms with E-state index in [1.54, 1.807) is 12.4 Å². The van der Waals surface area contributed by atoms with Crippen LogP contribution in [0.4, 0.5) is 8.78 Å². The Morgan fingerprint density at radius 1 is 1.08 bits per heavy atom. The Labute approximate surface area is 140 Å². The van der Waals surface area contributed by atoms with Crippen LogP contribution in [0.5, 0.6) is 0 Å². The van der Waals surface area contributed by atoms with E-state index in [1.165, 1.54) is 11.2 Å². The van der Waals surface area contributed by atoms with Gasteiger partial charge in [0.2, 0.25) is 10.0 Å². The number of pyridine rings is 1. The SMILES string of the molecule is Cc1cc(F)c(S(=O)(=O)N2CCC(c3ccncc3)CC2)cc1F. The first-order valence-electron chi connectivity index (χ1n) is 7.75. The number of benzene rings is 1. The number of aryl methyl sites for hydroxylation is 1. The zero-order valence-electron chi connectivity index (χ0n) is 13.2. The van der Waals surface area contributed by atoms with Crippen LogP contribution in [0, 0.1) is 18.6 Å². The molecule has 0 bridgehead atoms. The number of nitrogens with zero attached hydrogens (tertiary/aromatic N) is 2. The molecule has 1 aromatic carbocycles. The van der Waals surface area contributed by atoms with E-state index in [4.69, 9.17) is 0 Å². The molecule has 0 amide bonds. The van der Waals surface area contributed by atoms with Gasteiger partial charge in [-0.2, -0.15) is 4.31 Å². The zero-order valence-corrected chi connectivity index (χ0v) is 14.1. The van der Waals surface area contributed by atoms with Gasteiger partial charge in [0.25, 0.3) is 0 Å². The topological polar surface area (TPSA) is 50.3 Å². The first-order valence-corrected chi connectivity index (χ1v) is 9.19. The molecule has 1 saturated heterocycles. The number of hydrogen-bond donors (Lipinski definition) is 0. The van der Waals surface area contributed by atoms with E-state index in [9.17, 15) is 17.2 Å². The molecule has 0 aliphatic carbocycles. The third kappa shape index (κ3) is 3.18. The summed E-state index contributed by atoms with van der Waals surface area (Å²) in [4.78, 5) is 3.39. The Bertz CT molecular complexity index is 833. The van der Waals surface area contributed by atoms with Crippen LogP contribution in [0.15, 0.2) is 41.6 Å². The van der Waals surface area contributed by atoms with Crippen LogP contribution in [-0.2, 0) is 10.0 Å². The fourth-order valence-corrected chi connectivity index (χ4v) is 4.56.